The van der Waals surface area contributed by atoms with Crippen molar-refractivity contribution in [1.82, 2.24) is 20.5 Å². The Bertz CT molecular complexity index is 939. The van der Waals surface area contributed by atoms with Crippen LogP contribution in [0.2, 0.25) is 5.02 Å². The summed E-state index contributed by atoms with van der Waals surface area (Å²) in [7, 11) is 0. The molecule has 0 aliphatic carbocycles. The van der Waals surface area contributed by atoms with E-state index in [-0.39, 0.29) is 12.6 Å². The molecule has 0 radical (unpaired) electrons. The number of nitrogens with one attached hydrogen (secondary N) is 3. The summed E-state index contributed by atoms with van der Waals surface area (Å²) >= 11 is 7.69. The van der Waals surface area contributed by atoms with Gasteiger partial charge < -0.3 is 20.3 Å². The molecule has 28 heavy (non-hydrogen) atoms. The molecular formula is C18H19ClN6O2S. The Kier molecular flexibility index (Phi) is 5.75. The van der Waals surface area contributed by atoms with E-state index in [9.17, 15) is 4.79 Å². The molecule has 1 saturated heterocycles. The van der Waals surface area contributed by atoms with Crippen LogP contribution in [0.4, 0.5) is 16.2 Å². The van der Waals surface area contributed by atoms with Crippen molar-refractivity contribution in [3.63, 3.8) is 0 Å². The number of aromatic amines is 1. The maximum atomic E-state index is 12.4. The molecule has 3 heterocycles. The van der Waals surface area contributed by atoms with Crippen molar-refractivity contribution in [3.8, 4) is 10.7 Å². The number of anilines is 2. The lowest BCUT2D eigenvalue weighted by Gasteiger charge is -2.30. The minimum Gasteiger partial charge on any atom is -0.378 e. The first-order chi connectivity index (χ1) is 13.7. The quantitative estimate of drug-likeness (QED) is 0.590. The summed E-state index contributed by atoms with van der Waals surface area (Å²) in [6.45, 7) is 3.08. The number of hydrogen-bond donors (Lipinski definition) is 3. The summed E-state index contributed by atoms with van der Waals surface area (Å²) in [5.41, 5.74) is 1.58. The number of halogens is 1. The maximum absolute atomic E-state index is 12.4. The fourth-order valence-electron chi connectivity index (χ4n) is 2.91. The third-order valence-corrected chi connectivity index (χ3v) is 5.35. The van der Waals surface area contributed by atoms with Crippen LogP contribution in [0.3, 0.4) is 0 Å². The van der Waals surface area contributed by atoms with Gasteiger partial charge >= 0.3 is 6.03 Å². The Morgan fingerprint density at radius 3 is 2.96 bits per heavy atom. The van der Waals surface area contributed by atoms with Gasteiger partial charge in [0, 0.05) is 18.1 Å². The number of urea groups is 1. The van der Waals surface area contributed by atoms with Crippen LogP contribution in [-0.2, 0) is 11.3 Å². The monoisotopic (exact) mass is 418 g/mol. The van der Waals surface area contributed by atoms with Crippen LogP contribution in [0.25, 0.3) is 10.7 Å². The third-order valence-electron chi connectivity index (χ3n) is 4.25. The zero-order valence-corrected chi connectivity index (χ0v) is 16.5. The number of benzene rings is 1. The number of rotatable bonds is 5. The minimum atomic E-state index is -0.342. The fourth-order valence-corrected chi connectivity index (χ4v) is 3.74. The average molecular weight is 419 g/mol. The SMILES string of the molecule is O=C(NCc1nc(-c2cccs2)n[nH]1)Nc1cc(Cl)ccc1N1CCOCC1. The number of aromatic nitrogens is 3. The van der Waals surface area contributed by atoms with Gasteiger partial charge in [-0.1, -0.05) is 17.7 Å². The number of thiophene rings is 1. The molecule has 10 heteroatoms. The highest BCUT2D eigenvalue weighted by atomic mass is 35.5. The molecule has 0 atom stereocenters. The fraction of sp³-hybridized carbons (Fsp3) is 0.278. The van der Waals surface area contributed by atoms with E-state index in [0.717, 1.165) is 23.7 Å². The largest absolute Gasteiger partial charge is 0.378 e. The van der Waals surface area contributed by atoms with Crippen molar-refractivity contribution >= 4 is 40.3 Å². The third kappa shape index (κ3) is 4.44. The minimum absolute atomic E-state index is 0.234. The molecule has 2 aromatic heterocycles. The van der Waals surface area contributed by atoms with Crippen LogP contribution in [0, 0.1) is 0 Å². The number of H-pyrrole nitrogens is 1. The van der Waals surface area contributed by atoms with Gasteiger partial charge in [0.25, 0.3) is 0 Å². The Morgan fingerprint density at radius 1 is 1.32 bits per heavy atom. The van der Waals surface area contributed by atoms with E-state index >= 15 is 0 Å². The highest BCUT2D eigenvalue weighted by Crippen LogP contribution is 2.29. The molecule has 2 amide bonds. The lowest BCUT2D eigenvalue weighted by Crippen LogP contribution is -2.37. The van der Waals surface area contributed by atoms with Crippen molar-refractivity contribution in [1.29, 1.82) is 0 Å². The first-order valence-electron chi connectivity index (χ1n) is 8.81. The summed E-state index contributed by atoms with van der Waals surface area (Å²) in [6.07, 6.45) is 0. The zero-order valence-electron chi connectivity index (χ0n) is 14.9. The molecular weight excluding hydrogens is 400 g/mol. The molecule has 3 aromatic rings. The second kappa shape index (κ2) is 8.59. The van der Waals surface area contributed by atoms with Crippen molar-refractivity contribution in [2.75, 3.05) is 36.5 Å². The molecule has 0 saturated carbocycles. The van der Waals surface area contributed by atoms with Crippen molar-refractivity contribution in [2.24, 2.45) is 0 Å². The van der Waals surface area contributed by atoms with Gasteiger partial charge in [-0.15, -0.1) is 11.3 Å². The first kappa shape index (κ1) is 18.7. The number of amides is 2. The van der Waals surface area contributed by atoms with Crippen LogP contribution < -0.4 is 15.5 Å². The topological polar surface area (TPSA) is 95.2 Å². The van der Waals surface area contributed by atoms with Gasteiger partial charge in [0.1, 0.15) is 5.82 Å². The van der Waals surface area contributed by atoms with E-state index in [0.29, 0.717) is 35.6 Å². The molecule has 1 aromatic carbocycles. The van der Waals surface area contributed by atoms with E-state index in [4.69, 9.17) is 16.3 Å². The van der Waals surface area contributed by atoms with E-state index in [1.807, 2.05) is 29.6 Å². The summed E-state index contributed by atoms with van der Waals surface area (Å²) < 4.78 is 5.40. The Hall–Kier alpha value is -2.62. The van der Waals surface area contributed by atoms with Gasteiger partial charge in [-0.25, -0.2) is 9.78 Å². The Morgan fingerprint density at radius 2 is 2.18 bits per heavy atom. The summed E-state index contributed by atoms with van der Waals surface area (Å²) in [6, 6.07) is 9.02. The highest BCUT2D eigenvalue weighted by Gasteiger charge is 2.17. The van der Waals surface area contributed by atoms with Gasteiger partial charge in [0.05, 0.1) is 36.0 Å². The van der Waals surface area contributed by atoms with Gasteiger partial charge in [0.15, 0.2) is 5.82 Å². The summed E-state index contributed by atoms with van der Waals surface area (Å²) in [4.78, 5) is 19.9. The Balaban J connectivity index is 1.39. The van der Waals surface area contributed by atoms with E-state index in [2.05, 4.69) is 30.7 Å². The van der Waals surface area contributed by atoms with Crippen molar-refractivity contribution < 1.29 is 9.53 Å². The average Bonchev–Trinajstić information content (AvgIpc) is 3.39. The molecule has 0 spiro atoms. The molecule has 1 aliphatic rings. The van der Waals surface area contributed by atoms with Crippen LogP contribution in [0.1, 0.15) is 5.82 Å². The summed E-state index contributed by atoms with van der Waals surface area (Å²) in [5.74, 6) is 1.20. The molecule has 4 rings (SSSR count). The normalized spacial score (nSPS) is 14.1. The number of carbonyl (C=O) groups is 1. The number of ether oxygens (including phenoxy) is 1. The highest BCUT2D eigenvalue weighted by molar-refractivity contribution is 7.13. The van der Waals surface area contributed by atoms with Crippen LogP contribution in [0.5, 0.6) is 0 Å². The van der Waals surface area contributed by atoms with Crippen LogP contribution >= 0.6 is 22.9 Å². The molecule has 8 nitrogen and oxygen atoms in total. The molecule has 1 aliphatic heterocycles. The van der Waals surface area contributed by atoms with Crippen LogP contribution in [0.15, 0.2) is 35.7 Å². The predicted octanol–water partition coefficient (Wildman–Crippen LogP) is 3.34. The number of carbonyl (C=O) groups excluding carboxylic acids is 1. The smallest absolute Gasteiger partial charge is 0.319 e. The van der Waals surface area contributed by atoms with E-state index in [1.54, 1.807) is 17.4 Å². The lowest BCUT2D eigenvalue weighted by atomic mass is 10.2. The molecule has 1 fully saturated rings. The number of hydrogen-bond acceptors (Lipinski definition) is 6. The van der Waals surface area contributed by atoms with Crippen LogP contribution in [-0.4, -0.2) is 47.5 Å². The second-order valence-electron chi connectivity index (χ2n) is 6.15. The molecule has 146 valence electrons. The Labute approximate surface area is 170 Å². The standard InChI is InChI=1S/C18H19ClN6O2S/c19-12-3-4-14(25-5-7-27-8-6-25)13(10-12)21-18(26)20-11-16-22-17(24-23-16)15-2-1-9-28-15/h1-4,9-10H,5-8,11H2,(H2,20,21,26)(H,22,23,24). The lowest BCUT2D eigenvalue weighted by molar-refractivity contribution is 0.123. The maximum Gasteiger partial charge on any atom is 0.319 e. The van der Waals surface area contributed by atoms with Gasteiger partial charge in [-0.2, -0.15) is 5.10 Å². The van der Waals surface area contributed by atoms with Gasteiger partial charge in [-0.05, 0) is 29.6 Å². The van der Waals surface area contributed by atoms with Crippen molar-refractivity contribution in [2.45, 2.75) is 6.54 Å². The van der Waals surface area contributed by atoms with Gasteiger partial charge in [-0.3, -0.25) is 5.10 Å². The first-order valence-corrected chi connectivity index (χ1v) is 10.1. The van der Waals surface area contributed by atoms with Crippen molar-refractivity contribution in [3.05, 3.63) is 46.6 Å². The second-order valence-corrected chi connectivity index (χ2v) is 7.54. The molecule has 0 bridgehead atoms. The number of nitrogens with zero attached hydrogens (tertiary/aromatic N) is 3. The summed E-state index contributed by atoms with van der Waals surface area (Å²) in [5, 5.41) is 15.2. The molecule has 3 N–H and O–H groups in total. The predicted molar refractivity (Wildman–Crippen MR) is 110 cm³/mol. The zero-order chi connectivity index (χ0) is 19.3. The van der Waals surface area contributed by atoms with E-state index < -0.39 is 0 Å². The number of morpholine rings is 1. The molecule has 0 unspecified atom stereocenters. The van der Waals surface area contributed by atoms with E-state index in [1.165, 1.54) is 0 Å². The van der Waals surface area contributed by atoms with Gasteiger partial charge in [0.2, 0.25) is 0 Å².